The maximum Gasteiger partial charge on any atom is 0.243 e. The van der Waals surface area contributed by atoms with Gasteiger partial charge in [-0.3, -0.25) is 9.10 Å². The van der Waals surface area contributed by atoms with Crippen molar-refractivity contribution < 1.29 is 13.2 Å². The second-order valence-electron chi connectivity index (χ2n) is 11.1. The van der Waals surface area contributed by atoms with E-state index in [2.05, 4.69) is 19.1 Å². The minimum Gasteiger partial charge on any atom is -0.341 e. The molecule has 0 spiro atoms. The summed E-state index contributed by atoms with van der Waals surface area (Å²) in [6.45, 7) is 3.49. The number of amides is 1. The summed E-state index contributed by atoms with van der Waals surface area (Å²) in [4.78, 5) is 14.7. The Morgan fingerprint density at radius 1 is 1.06 bits per heavy atom. The van der Waals surface area contributed by atoms with Gasteiger partial charge in [0, 0.05) is 13.1 Å². The number of carbonyl (C=O) groups excluding carboxylic acids is 1. The second-order valence-corrected chi connectivity index (χ2v) is 13.0. The fourth-order valence-corrected chi connectivity index (χ4v) is 8.33. The van der Waals surface area contributed by atoms with Crippen LogP contribution in [0.3, 0.4) is 0 Å². The summed E-state index contributed by atoms with van der Waals surface area (Å²) in [5, 5.41) is 0. The Labute approximate surface area is 187 Å². The normalized spacial score (nSPS) is 34.7. The van der Waals surface area contributed by atoms with Crippen molar-refractivity contribution in [2.75, 3.05) is 30.2 Å². The van der Waals surface area contributed by atoms with Crippen molar-refractivity contribution in [3.63, 3.8) is 0 Å². The van der Waals surface area contributed by atoms with Gasteiger partial charge in [-0.25, -0.2) is 8.42 Å². The van der Waals surface area contributed by atoms with Gasteiger partial charge in [0.15, 0.2) is 0 Å². The van der Waals surface area contributed by atoms with E-state index in [0.717, 1.165) is 43.7 Å². The van der Waals surface area contributed by atoms with Gasteiger partial charge in [-0.2, -0.15) is 0 Å². The molecule has 0 aromatic heterocycles. The molecule has 4 aliphatic carbocycles. The van der Waals surface area contributed by atoms with Gasteiger partial charge >= 0.3 is 0 Å². The van der Waals surface area contributed by atoms with E-state index in [-0.39, 0.29) is 12.5 Å². The Morgan fingerprint density at radius 2 is 1.65 bits per heavy atom. The summed E-state index contributed by atoms with van der Waals surface area (Å²) < 4.78 is 26.4. The average Bonchev–Trinajstić information content (AvgIpc) is 2.70. The maximum atomic E-state index is 12.9. The maximum absolute atomic E-state index is 12.9. The SMILES string of the molecule is CC1CCCN(C(=O)CN(c2ccc(C34CC5CC(CC(C5)C3)C4)cc2)S(C)(=O)=O)C1. The summed E-state index contributed by atoms with van der Waals surface area (Å²) in [5.41, 5.74) is 2.28. The van der Waals surface area contributed by atoms with Crippen molar-refractivity contribution in [3.8, 4) is 0 Å². The molecule has 5 nitrogen and oxygen atoms in total. The third-order valence-corrected chi connectivity index (χ3v) is 9.64. The van der Waals surface area contributed by atoms with E-state index in [0.29, 0.717) is 17.0 Å². The van der Waals surface area contributed by atoms with Crippen molar-refractivity contribution in [1.29, 1.82) is 0 Å². The van der Waals surface area contributed by atoms with Crippen molar-refractivity contribution in [2.24, 2.45) is 23.7 Å². The molecule has 31 heavy (non-hydrogen) atoms. The van der Waals surface area contributed by atoms with E-state index in [1.807, 2.05) is 17.0 Å². The Balaban J connectivity index is 1.35. The molecule has 6 heteroatoms. The molecule has 1 amide bonds. The fraction of sp³-hybridized carbons (Fsp3) is 0.720. The van der Waals surface area contributed by atoms with Gasteiger partial charge in [0.25, 0.3) is 0 Å². The van der Waals surface area contributed by atoms with E-state index in [4.69, 9.17) is 0 Å². The number of sulfonamides is 1. The number of piperidine rings is 1. The predicted molar refractivity (Wildman–Crippen MR) is 123 cm³/mol. The van der Waals surface area contributed by atoms with Crippen molar-refractivity contribution in [3.05, 3.63) is 29.8 Å². The average molecular weight is 445 g/mol. The van der Waals surface area contributed by atoms with Crippen LogP contribution >= 0.6 is 0 Å². The van der Waals surface area contributed by atoms with Crippen molar-refractivity contribution in [1.82, 2.24) is 4.90 Å². The van der Waals surface area contributed by atoms with Crippen LogP contribution < -0.4 is 4.31 Å². The molecular weight excluding hydrogens is 408 g/mol. The summed E-state index contributed by atoms with van der Waals surface area (Å²) in [6.07, 6.45) is 11.4. The molecule has 0 N–H and O–H groups in total. The molecule has 1 aromatic carbocycles. The molecule has 1 atom stereocenters. The zero-order valence-corrected chi connectivity index (χ0v) is 19.7. The van der Waals surface area contributed by atoms with Gasteiger partial charge < -0.3 is 4.90 Å². The monoisotopic (exact) mass is 444 g/mol. The van der Waals surface area contributed by atoms with Gasteiger partial charge in [0.2, 0.25) is 15.9 Å². The zero-order chi connectivity index (χ0) is 21.8. The highest BCUT2D eigenvalue weighted by Gasteiger charge is 2.51. The molecule has 4 saturated carbocycles. The molecule has 5 aliphatic rings. The van der Waals surface area contributed by atoms with Crippen LogP contribution in [0.15, 0.2) is 24.3 Å². The number of hydrogen-bond donors (Lipinski definition) is 0. The first-order valence-electron chi connectivity index (χ1n) is 12.1. The van der Waals surface area contributed by atoms with E-state index in [1.165, 1.54) is 54.6 Å². The zero-order valence-electron chi connectivity index (χ0n) is 18.9. The van der Waals surface area contributed by atoms with Crippen LogP contribution in [-0.4, -0.2) is 45.1 Å². The topological polar surface area (TPSA) is 57.7 Å². The van der Waals surface area contributed by atoms with Crippen molar-refractivity contribution >= 4 is 21.6 Å². The third kappa shape index (κ3) is 4.12. The second kappa shape index (κ2) is 7.79. The van der Waals surface area contributed by atoms with E-state index in [9.17, 15) is 13.2 Å². The highest BCUT2D eigenvalue weighted by atomic mass is 32.2. The highest BCUT2D eigenvalue weighted by Crippen LogP contribution is 2.60. The minimum atomic E-state index is -3.54. The molecule has 1 aliphatic heterocycles. The number of benzene rings is 1. The van der Waals surface area contributed by atoms with Gasteiger partial charge in [-0.15, -0.1) is 0 Å². The lowest BCUT2D eigenvalue weighted by molar-refractivity contribution is -0.131. The van der Waals surface area contributed by atoms with Gasteiger partial charge in [-0.05, 0) is 98.1 Å². The molecule has 1 saturated heterocycles. The Bertz CT molecular complexity index is 905. The molecule has 5 fully saturated rings. The molecule has 0 radical (unpaired) electrons. The number of hydrogen-bond acceptors (Lipinski definition) is 3. The molecule has 1 heterocycles. The summed E-state index contributed by atoms with van der Waals surface area (Å²) in [6, 6.07) is 8.16. The van der Waals surface area contributed by atoms with E-state index >= 15 is 0 Å². The molecule has 1 aromatic rings. The first-order valence-corrected chi connectivity index (χ1v) is 13.9. The van der Waals surface area contributed by atoms with Crippen LogP contribution in [0.4, 0.5) is 5.69 Å². The van der Waals surface area contributed by atoms with Crippen LogP contribution in [0.1, 0.15) is 63.9 Å². The van der Waals surface area contributed by atoms with E-state index in [1.54, 1.807) is 0 Å². The lowest BCUT2D eigenvalue weighted by Crippen LogP contribution is -2.48. The Hall–Kier alpha value is -1.56. The largest absolute Gasteiger partial charge is 0.341 e. The standard InChI is InChI=1S/C25H36N2O3S/c1-18-4-3-9-26(16-18)24(28)17-27(31(2,29)30)23-7-5-22(6-8-23)25-13-19-10-20(14-25)12-21(11-19)15-25/h5-8,18-21H,3-4,9-17H2,1-2H3. The predicted octanol–water partition coefficient (Wildman–Crippen LogP) is 4.18. The quantitative estimate of drug-likeness (QED) is 0.685. The molecule has 170 valence electrons. The third-order valence-electron chi connectivity index (χ3n) is 8.49. The van der Waals surface area contributed by atoms with Crippen LogP contribution in [0.25, 0.3) is 0 Å². The number of likely N-dealkylation sites (tertiary alicyclic amines) is 1. The van der Waals surface area contributed by atoms with Crippen LogP contribution in [0.5, 0.6) is 0 Å². The number of rotatable bonds is 5. The summed E-state index contributed by atoms with van der Waals surface area (Å²) in [7, 11) is -3.54. The number of carbonyl (C=O) groups is 1. The van der Waals surface area contributed by atoms with Gasteiger partial charge in [0.05, 0.1) is 11.9 Å². The van der Waals surface area contributed by atoms with Gasteiger partial charge in [-0.1, -0.05) is 19.1 Å². The minimum absolute atomic E-state index is 0.0952. The number of anilines is 1. The summed E-state index contributed by atoms with van der Waals surface area (Å²) >= 11 is 0. The smallest absolute Gasteiger partial charge is 0.243 e. The highest BCUT2D eigenvalue weighted by molar-refractivity contribution is 7.92. The lowest BCUT2D eigenvalue weighted by atomic mass is 9.48. The molecule has 1 unspecified atom stereocenters. The number of nitrogens with zero attached hydrogens (tertiary/aromatic N) is 2. The van der Waals surface area contributed by atoms with Crippen LogP contribution in [0, 0.1) is 23.7 Å². The van der Waals surface area contributed by atoms with Gasteiger partial charge in [0.1, 0.15) is 6.54 Å². The van der Waals surface area contributed by atoms with Crippen molar-refractivity contribution in [2.45, 2.75) is 63.7 Å². The molecule has 6 rings (SSSR count). The first kappa shape index (κ1) is 21.3. The Morgan fingerprint density at radius 3 is 2.16 bits per heavy atom. The first-order chi connectivity index (χ1) is 14.7. The molecular formula is C25H36N2O3S. The lowest BCUT2D eigenvalue weighted by Gasteiger charge is -2.57. The van der Waals surface area contributed by atoms with Crippen LogP contribution in [-0.2, 0) is 20.2 Å². The van der Waals surface area contributed by atoms with E-state index < -0.39 is 10.0 Å². The van der Waals surface area contributed by atoms with Crippen LogP contribution in [0.2, 0.25) is 0 Å². The fourth-order valence-electron chi connectivity index (χ4n) is 7.48. The Kier molecular flexibility index (Phi) is 5.35. The molecule has 4 bridgehead atoms. The summed E-state index contributed by atoms with van der Waals surface area (Å²) in [5.74, 6) is 3.01.